The van der Waals surface area contributed by atoms with E-state index < -0.39 is 0 Å². The maximum Gasteiger partial charge on any atom is 0.287 e. The molecule has 3 aromatic rings. The first kappa shape index (κ1) is 18.8. The van der Waals surface area contributed by atoms with Crippen LogP contribution in [0.4, 0.5) is 0 Å². The van der Waals surface area contributed by atoms with Crippen molar-refractivity contribution in [1.29, 1.82) is 0 Å². The Labute approximate surface area is 169 Å². The van der Waals surface area contributed by atoms with E-state index in [0.717, 1.165) is 42.9 Å². The van der Waals surface area contributed by atoms with Crippen molar-refractivity contribution < 1.29 is 13.9 Å². The van der Waals surface area contributed by atoms with Gasteiger partial charge >= 0.3 is 0 Å². The lowest BCUT2D eigenvalue weighted by atomic mass is 10.0. The number of ether oxygens (including phenoxy) is 1. The van der Waals surface area contributed by atoms with Crippen molar-refractivity contribution in [2.75, 3.05) is 20.2 Å². The van der Waals surface area contributed by atoms with Gasteiger partial charge in [-0.1, -0.05) is 35.9 Å². The van der Waals surface area contributed by atoms with E-state index in [-0.39, 0.29) is 11.9 Å². The van der Waals surface area contributed by atoms with E-state index in [2.05, 4.69) is 22.3 Å². The predicted octanol–water partition coefficient (Wildman–Crippen LogP) is 4.49. The largest absolute Gasteiger partial charge is 0.493 e. The molecular weight excluding hydrogens is 376 g/mol. The van der Waals surface area contributed by atoms with Gasteiger partial charge in [0.25, 0.3) is 5.91 Å². The highest BCUT2D eigenvalue weighted by atomic mass is 35.5. The summed E-state index contributed by atoms with van der Waals surface area (Å²) in [5.74, 6) is 0.782. The SMILES string of the molecule is COc1cccc2cc(C(=O)NC3CCN(Cc4ccc(Cl)cc4)CC3)oc12. The van der Waals surface area contributed by atoms with Gasteiger partial charge in [0.05, 0.1) is 7.11 Å². The zero-order valence-electron chi connectivity index (χ0n) is 15.8. The Kier molecular flexibility index (Phi) is 5.55. The molecule has 1 N–H and O–H groups in total. The molecule has 1 fully saturated rings. The molecule has 0 saturated carbocycles. The van der Waals surface area contributed by atoms with Crippen LogP contribution in [-0.2, 0) is 6.54 Å². The number of piperidine rings is 1. The summed E-state index contributed by atoms with van der Waals surface area (Å²) in [6, 6.07) is 15.5. The second-order valence-electron chi connectivity index (χ2n) is 7.14. The maximum atomic E-state index is 12.6. The Morgan fingerprint density at radius 1 is 1.21 bits per heavy atom. The molecule has 0 unspecified atom stereocenters. The number of hydrogen-bond donors (Lipinski definition) is 1. The van der Waals surface area contributed by atoms with Crippen LogP contribution in [0.15, 0.2) is 52.9 Å². The van der Waals surface area contributed by atoms with E-state index in [1.807, 2.05) is 30.3 Å². The van der Waals surface area contributed by atoms with E-state index in [1.54, 1.807) is 13.2 Å². The Morgan fingerprint density at radius 3 is 2.68 bits per heavy atom. The molecule has 1 amide bonds. The number of likely N-dealkylation sites (tertiary alicyclic amines) is 1. The molecule has 1 aliphatic heterocycles. The van der Waals surface area contributed by atoms with Crippen LogP contribution in [0.25, 0.3) is 11.0 Å². The third-order valence-electron chi connectivity index (χ3n) is 5.19. The van der Waals surface area contributed by atoms with Gasteiger partial charge in [-0.15, -0.1) is 0 Å². The number of methoxy groups -OCH3 is 1. The van der Waals surface area contributed by atoms with Crippen molar-refractivity contribution in [2.24, 2.45) is 0 Å². The molecule has 146 valence electrons. The molecule has 6 heteroatoms. The van der Waals surface area contributed by atoms with Crippen LogP contribution in [0.1, 0.15) is 29.0 Å². The first-order chi connectivity index (χ1) is 13.6. The Morgan fingerprint density at radius 2 is 1.96 bits per heavy atom. The smallest absolute Gasteiger partial charge is 0.287 e. The molecule has 2 aromatic carbocycles. The molecular formula is C22H23ClN2O3. The van der Waals surface area contributed by atoms with Gasteiger partial charge in [0.15, 0.2) is 17.1 Å². The monoisotopic (exact) mass is 398 g/mol. The number of rotatable bonds is 5. The number of benzene rings is 2. The molecule has 4 rings (SSSR count). The van der Waals surface area contributed by atoms with Crippen LogP contribution < -0.4 is 10.1 Å². The highest BCUT2D eigenvalue weighted by Crippen LogP contribution is 2.28. The van der Waals surface area contributed by atoms with E-state index in [0.29, 0.717) is 17.1 Å². The first-order valence-electron chi connectivity index (χ1n) is 9.46. The second-order valence-corrected chi connectivity index (χ2v) is 7.58. The summed E-state index contributed by atoms with van der Waals surface area (Å²) in [4.78, 5) is 15.0. The standard InChI is InChI=1S/C22H23ClN2O3/c1-27-19-4-2-3-16-13-20(28-21(16)19)22(26)24-18-9-11-25(12-10-18)14-15-5-7-17(23)8-6-15/h2-8,13,18H,9-12,14H2,1H3,(H,24,26). The van der Waals surface area contributed by atoms with Crippen LogP contribution in [0.5, 0.6) is 5.75 Å². The van der Waals surface area contributed by atoms with Crippen molar-refractivity contribution >= 4 is 28.5 Å². The molecule has 2 heterocycles. The lowest BCUT2D eigenvalue weighted by Gasteiger charge is -2.32. The number of carbonyl (C=O) groups excluding carboxylic acids is 1. The van der Waals surface area contributed by atoms with Gasteiger partial charge in [0.1, 0.15) is 0 Å². The molecule has 0 spiro atoms. The fourth-order valence-corrected chi connectivity index (χ4v) is 3.77. The topological polar surface area (TPSA) is 54.7 Å². The van der Waals surface area contributed by atoms with Crippen molar-refractivity contribution in [3.63, 3.8) is 0 Å². The van der Waals surface area contributed by atoms with Gasteiger partial charge in [-0.3, -0.25) is 9.69 Å². The Bertz CT molecular complexity index is 960. The minimum Gasteiger partial charge on any atom is -0.493 e. The van der Waals surface area contributed by atoms with Crippen molar-refractivity contribution in [1.82, 2.24) is 10.2 Å². The number of amides is 1. The predicted molar refractivity (Wildman–Crippen MR) is 110 cm³/mol. The highest BCUT2D eigenvalue weighted by molar-refractivity contribution is 6.30. The number of hydrogen-bond acceptors (Lipinski definition) is 4. The molecule has 1 aromatic heterocycles. The highest BCUT2D eigenvalue weighted by Gasteiger charge is 2.23. The van der Waals surface area contributed by atoms with Crippen LogP contribution >= 0.6 is 11.6 Å². The number of para-hydroxylation sites is 1. The lowest BCUT2D eigenvalue weighted by molar-refractivity contribution is 0.0883. The molecule has 28 heavy (non-hydrogen) atoms. The van der Waals surface area contributed by atoms with Crippen LogP contribution in [-0.4, -0.2) is 37.0 Å². The maximum absolute atomic E-state index is 12.6. The fraction of sp³-hybridized carbons (Fsp3) is 0.318. The number of halogens is 1. The number of furan rings is 1. The van der Waals surface area contributed by atoms with E-state index in [1.165, 1.54) is 5.56 Å². The van der Waals surface area contributed by atoms with Gasteiger partial charge in [0.2, 0.25) is 0 Å². The summed E-state index contributed by atoms with van der Waals surface area (Å²) in [6.07, 6.45) is 1.84. The third-order valence-corrected chi connectivity index (χ3v) is 5.45. The van der Waals surface area contributed by atoms with Crippen molar-refractivity contribution in [3.05, 3.63) is 64.9 Å². The summed E-state index contributed by atoms with van der Waals surface area (Å²) < 4.78 is 11.0. The Hall–Kier alpha value is -2.50. The summed E-state index contributed by atoms with van der Waals surface area (Å²) in [6.45, 7) is 2.80. The normalized spacial score (nSPS) is 15.6. The van der Waals surface area contributed by atoms with E-state index in [9.17, 15) is 4.79 Å². The summed E-state index contributed by atoms with van der Waals surface area (Å²) in [5.41, 5.74) is 1.86. The van der Waals surface area contributed by atoms with E-state index >= 15 is 0 Å². The zero-order chi connectivity index (χ0) is 19.5. The number of nitrogens with zero attached hydrogens (tertiary/aromatic N) is 1. The van der Waals surface area contributed by atoms with Crippen molar-refractivity contribution in [3.8, 4) is 5.75 Å². The summed E-state index contributed by atoms with van der Waals surface area (Å²) in [7, 11) is 1.59. The quantitative estimate of drug-likeness (QED) is 0.688. The van der Waals surface area contributed by atoms with Crippen molar-refractivity contribution in [2.45, 2.75) is 25.4 Å². The van der Waals surface area contributed by atoms with Crippen LogP contribution in [0.2, 0.25) is 5.02 Å². The number of nitrogens with one attached hydrogen (secondary N) is 1. The first-order valence-corrected chi connectivity index (χ1v) is 9.84. The number of carbonyl (C=O) groups is 1. The van der Waals surface area contributed by atoms with Gasteiger partial charge in [-0.2, -0.15) is 0 Å². The van der Waals surface area contributed by atoms with Crippen LogP contribution in [0, 0.1) is 0 Å². The molecule has 0 atom stereocenters. The minimum absolute atomic E-state index is 0.157. The Balaban J connectivity index is 1.33. The lowest BCUT2D eigenvalue weighted by Crippen LogP contribution is -2.44. The third kappa shape index (κ3) is 4.16. The molecule has 5 nitrogen and oxygen atoms in total. The molecule has 0 aliphatic carbocycles. The molecule has 0 bridgehead atoms. The molecule has 0 radical (unpaired) electrons. The molecule has 1 saturated heterocycles. The number of fused-ring (bicyclic) bond motifs is 1. The second kappa shape index (κ2) is 8.25. The van der Waals surface area contributed by atoms with Gasteiger partial charge in [0, 0.05) is 36.1 Å². The van der Waals surface area contributed by atoms with Gasteiger partial charge in [-0.05, 0) is 42.7 Å². The average molecular weight is 399 g/mol. The molecule has 1 aliphatic rings. The zero-order valence-corrected chi connectivity index (χ0v) is 16.5. The van der Waals surface area contributed by atoms with Crippen LogP contribution in [0.3, 0.4) is 0 Å². The summed E-state index contributed by atoms with van der Waals surface area (Å²) >= 11 is 5.95. The summed E-state index contributed by atoms with van der Waals surface area (Å²) in [5, 5.41) is 4.73. The minimum atomic E-state index is -0.172. The van der Waals surface area contributed by atoms with Gasteiger partial charge in [-0.25, -0.2) is 0 Å². The average Bonchev–Trinajstić information content (AvgIpc) is 3.16. The fourth-order valence-electron chi connectivity index (χ4n) is 3.65. The van der Waals surface area contributed by atoms with Gasteiger partial charge < -0.3 is 14.5 Å². The van der Waals surface area contributed by atoms with E-state index in [4.69, 9.17) is 20.8 Å².